The highest BCUT2D eigenvalue weighted by molar-refractivity contribution is 6.31. The molecule has 6 heteroatoms. The van der Waals surface area contributed by atoms with Gasteiger partial charge in [0, 0.05) is 16.1 Å². The molecule has 3 rings (SSSR count). The highest BCUT2D eigenvalue weighted by Gasteiger charge is 2.23. The summed E-state index contributed by atoms with van der Waals surface area (Å²) < 4.78 is 31.9. The molecule has 0 saturated carbocycles. The molecule has 0 radical (unpaired) electrons. The Hall–Kier alpha value is -2.24. The van der Waals surface area contributed by atoms with Crippen molar-refractivity contribution >= 4 is 11.6 Å². The number of nitrogens with one attached hydrogen (secondary N) is 1. The van der Waals surface area contributed by atoms with Crippen LogP contribution >= 0.6 is 11.6 Å². The fraction of sp³-hybridized carbons (Fsp3) is 0.211. The molecule has 1 N–H and O–H groups in total. The Morgan fingerprint density at radius 3 is 2.44 bits per heavy atom. The smallest absolute Gasteiger partial charge is 0.208 e. The summed E-state index contributed by atoms with van der Waals surface area (Å²) in [6.07, 6.45) is 1.60. The van der Waals surface area contributed by atoms with Crippen molar-refractivity contribution in [1.29, 1.82) is 0 Å². The lowest BCUT2D eigenvalue weighted by molar-refractivity contribution is 0.366. The van der Waals surface area contributed by atoms with Crippen LogP contribution in [-0.2, 0) is 12.1 Å². The topological polar surface area (TPSA) is 38.1 Å². The Morgan fingerprint density at radius 2 is 1.76 bits per heavy atom. The van der Waals surface area contributed by atoms with E-state index in [9.17, 15) is 8.78 Å². The first-order valence-electron chi connectivity index (χ1n) is 7.76. The first-order chi connectivity index (χ1) is 11.8. The van der Waals surface area contributed by atoms with Gasteiger partial charge < -0.3 is 4.42 Å². The Balaban J connectivity index is 1.72. The minimum Gasteiger partial charge on any atom is -0.439 e. The van der Waals surface area contributed by atoms with E-state index in [1.807, 2.05) is 13.8 Å². The van der Waals surface area contributed by atoms with E-state index >= 15 is 0 Å². The maximum absolute atomic E-state index is 13.2. The van der Waals surface area contributed by atoms with Gasteiger partial charge in [0.25, 0.3) is 0 Å². The standard InChI is InChI=1S/C19H17ClF2N2O/c1-19(2,15-8-7-14(22)9-16(15)20)24-11-18-23-10-17(25-18)12-3-5-13(21)6-4-12/h3-10,24H,11H2,1-2H3. The first-order valence-corrected chi connectivity index (χ1v) is 8.14. The van der Waals surface area contributed by atoms with Gasteiger partial charge in [-0.25, -0.2) is 13.8 Å². The Labute approximate surface area is 149 Å². The summed E-state index contributed by atoms with van der Waals surface area (Å²) in [5.74, 6) is 0.379. The van der Waals surface area contributed by atoms with Gasteiger partial charge in [0.2, 0.25) is 5.89 Å². The molecule has 0 fully saturated rings. The van der Waals surface area contributed by atoms with Crippen LogP contribution < -0.4 is 5.32 Å². The van der Waals surface area contributed by atoms with E-state index in [4.69, 9.17) is 16.0 Å². The average molecular weight is 363 g/mol. The zero-order valence-electron chi connectivity index (χ0n) is 13.8. The molecule has 0 unspecified atom stereocenters. The molecule has 0 atom stereocenters. The molecular weight excluding hydrogens is 346 g/mol. The van der Waals surface area contributed by atoms with Crippen molar-refractivity contribution < 1.29 is 13.2 Å². The molecule has 0 spiro atoms. The van der Waals surface area contributed by atoms with Crippen LogP contribution in [0.2, 0.25) is 5.02 Å². The SMILES string of the molecule is CC(C)(NCc1ncc(-c2ccc(F)cc2)o1)c1ccc(F)cc1Cl. The van der Waals surface area contributed by atoms with Gasteiger partial charge in [0.05, 0.1) is 12.7 Å². The number of halogens is 3. The molecular formula is C19H17ClF2N2O. The molecule has 0 aliphatic rings. The molecule has 3 nitrogen and oxygen atoms in total. The predicted octanol–water partition coefficient (Wildman–Crippen LogP) is 5.30. The van der Waals surface area contributed by atoms with Crippen molar-refractivity contribution in [3.05, 3.63) is 76.8 Å². The number of oxazole rings is 1. The van der Waals surface area contributed by atoms with Crippen molar-refractivity contribution in [2.24, 2.45) is 0 Å². The third-order valence-corrected chi connectivity index (χ3v) is 4.28. The number of nitrogens with zero attached hydrogens (tertiary/aromatic N) is 1. The van der Waals surface area contributed by atoms with Crippen LogP contribution in [0, 0.1) is 11.6 Å². The third-order valence-electron chi connectivity index (χ3n) is 3.97. The van der Waals surface area contributed by atoms with Gasteiger partial charge in [-0.15, -0.1) is 0 Å². The fourth-order valence-electron chi connectivity index (χ4n) is 2.53. The van der Waals surface area contributed by atoms with Crippen molar-refractivity contribution in [3.8, 4) is 11.3 Å². The van der Waals surface area contributed by atoms with Crippen LogP contribution in [0.3, 0.4) is 0 Å². The summed E-state index contributed by atoms with van der Waals surface area (Å²) in [6.45, 7) is 4.24. The number of benzene rings is 2. The van der Waals surface area contributed by atoms with Gasteiger partial charge >= 0.3 is 0 Å². The van der Waals surface area contributed by atoms with E-state index in [-0.39, 0.29) is 11.6 Å². The lowest BCUT2D eigenvalue weighted by Crippen LogP contribution is -2.36. The van der Waals surface area contributed by atoms with Crippen LogP contribution in [-0.4, -0.2) is 4.98 Å². The molecule has 0 saturated heterocycles. The van der Waals surface area contributed by atoms with Crippen LogP contribution in [0.4, 0.5) is 8.78 Å². The van der Waals surface area contributed by atoms with Gasteiger partial charge in [-0.05, 0) is 55.8 Å². The second kappa shape index (κ2) is 6.94. The first kappa shape index (κ1) is 17.6. The van der Waals surface area contributed by atoms with Crippen LogP contribution in [0.15, 0.2) is 53.1 Å². The number of hydrogen-bond acceptors (Lipinski definition) is 3. The van der Waals surface area contributed by atoms with E-state index < -0.39 is 5.54 Å². The van der Waals surface area contributed by atoms with Crippen molar-refractivity contribution in [2.75, 3.05) is 0 Å². The minimum absolute atomic E-state index is 0.303. The Morgan fingerprint density at radius 1 is 1.08 bits per heavy atom. The highest BCUT2D eigenvalue weighted by atomic mass is 35.5. The third kappa shape index (κ3) is 4.06. The van der Waals surface area contributed by atoms with Gasteiger partial charge in [0.1, 0.15) is 11.6 Å². The van der Waals surface area contributed by atoms with Crippen LogP contribution in [0.1, 0.15) is 25.3 Å². The number of hydrogen-bond donors (Lipinski definition) is 1. The lowest BCUT2D eigenvalue weighted by Gasteiger charge is -2.27. The van der Waals surface area contributed by atoms with E-state index in [1.54, 1.807) is 24.4 Å². The molecule has 0 aliphatic heterocycles. The Kier molecular flexibility index (Phi) is 4.88. The van der Waals surface area contributed by atoms with Crippen LogP contribution in [0.25, 0.3) is 11.3 Å². The summed E-state index contributed by atoms with van der Waals surface area (Å²) in [6, 6.07) is 10.3. The van der Waals surface area contributed by atoms with Gasteiger partial charge in [-0.3, -0.25) is 5.32 Å². The van der Waals surface area contributed by atoms with E-state index in [2.05, 4.69) is 10.3 Å². The molecule has 0 amide bonds. The van der Waals surface area contributed by atoms with Crippen LogP contribution in [0.5, 0.6) is 0 Å². The maximum Gasteiger partial charge on any atom is 0.208 e. The summed E-state index contributed by atoms with van der Waals surface area (Å²) in [5.41, 5.74) is 1.02. The van der Waals surface area contributed by atoms with Gasteiger partial charge in [0.15, 0.2) is 5.76 Å². The minimum atomic E-state index is -0.505. The summed E-state index contributed by atoms with van der Waals surface area (Å²) in [5, 5.41) is 3.66. The summed E-state index contributed by atoms with van der Waals surface area (Å²) >= 11 is 6.14. The molecule has 1 heterocycles. The van der Waals surface area contributed by atoms with E-state index in [0.29, 0.717) is 23.2 Å². The molecule has 0 bridgehead atoms. The summed E-state index contributed by atoms with van der Waals surface area (Å²) in [4.78, 5) is 4.23. The lowest BCUT2D eigenvalue weighted by atomic mass is 9.94. The van der Waals surface area contributed by atoms with Crippen molar-refractivity contribution in [1.82, 2.24) is 10.3 Å². The number of rotatable bonds is 5. The molecule has 25 heavy (non-hydrogen) atoms. The van der Waals surface area contributed by atoms with Crippen molar-refractivity contribution in [3.63, 3.8) is 0 Å². The van der Waals surface area contributed by atoms with Gasteiger partial charge in [-0.1, -0.05) is 17.7 Å². The van der Waals surface area contributed by atoms with E-state index in [1.165, 1.54) is 24.3 Å². The van der Waals surface area contributed by atoms with Gasteiger partial charge in [-0.2, -0.15) is 0 Å². The van der Waals surface area contributed by atoms with E-state index in [0.717, 1.165) is 11.1 Å². The fourth-order valence-corrected chi connectivity index (χ4v) is 2.93. The molecule has 3 aromatic rings. The molecule has 1 aromatic heterocycles. The largest absolute Gasteiger partial charge is 0.439 e. The number of aromatic nitrogens is 1. The normalized spacial score (nSPS) is 11.7. The quantitative estimate of drug-likeness (QED) is 0.669. The summed E-state index contributed by atoms with van der Waals surface area (Å²) in [7, 11) is 0. The zero-order chi connectivity index (χ0) is 18.0. The van der Waals surface area contributed by atoms with Crippen molar-refractivity contribution in [2.45, 2.75) is 25.9 Å². The second-order valence-electron chi connectivity index (χ2n) is 6.23. The second-order valence-corrected chi connectivity index (χ2v) is 6.64. The predicted molar refractivity (Wildman–Crippen MR) is 93.2 cm³/mol. The molecule has 0 aliphatic carbocycles. The molecule has 2 aromatic carbocycles. The maximum atomic E-state index is 13.2. The highest BCUT2D eigenvalue weighted by Crippen LogP contribution is 2.29. The molecule has 130 valence electrons. The average Bonchev–Trinajstić information content (AvgIpc) is 3.02. The monoisotopic (exact) mass is 362 g/mol. The zero-order valence-corrected chi connectivity index (χ0v) is 14.6. The Bertz CT molecular complexity index is 875.